The number of primary amides is 2. The molecule has 0 rings (SSSR count). The average molecular weight is 546 g/mol. The van der Waals surface area contributed by atoms with Crippen LogP contribution in [-0.4, -0.2) is 49.1 Å². The summed E-state index contributed by atoms with van der Waals surface area (Å²) in [6.45, 7) is 0.834. The van der Waals surface area contributed by atoms with Gasteiger partial charge >= 0.3 is 36.9 Å². The van der Waals surface area contributed by atoms with Gasteiger partial charge in [-0.15, -0.1) is 0 Å². The van der Waals surface area contributed by atoms with Crippen molar-refractivity contribution in [3.05, 3.63) is 0 Å². The highest BCUT2D eigenvalue weighted by Gasteiger charge is 2.82. The molecule has 0 aromatic rings. The van der Waals surface area contributed by atoms with Gasteiger partial charge in [0.05, 0.1) is 6.61 Å². The van der Waals surface area contributed by atoms with Crippen LogP contribution < -0.4 is 11.5 Å². The smallest absolute Gasteiger partial charge is 0.405 e. The molecule has 4 N–H and O–H groups in total. The fourth-order valence-electron chi connectivity index (χ4n) is 4.21. The Labute approximate surface area is 190 Å². The van der Waals surface area contributed by atoms with Crippen LogP contribution in [0.15, 0.2) is 0 Å². The highest BCUT2D eigenvalue weighted by molar-refractivity contribution is 5.65. The summed E-state index contributed by atoms with van der Waals surface area (Å²) in [5, 5.41) is 0. The van der Waals surface area contributed by atoms with Crippen LogP contribution in [0, 0.1) is 23.2 Å². The first kappa shape index (κ1) is 32.7. The molecule has 18 heteroatoms. The standard InChI is InChI=1S/C17H22F12N2O4/c1-7(4-5-34-10(30)32)6-12(2,3)13(35-11(31)33,8(14(18,19)20)15(21,22)23)9(16(24,25)26)17(27,28)29/h7-9H,4-6H2,1-3H3,(H2,30,32)(H2,31,33). The van der Waals surface area contributed by atoms with Gasteiger partial charge in [0.1, 0.15) is 0 Å². The van der Waals surface area contributed by atoms with Crippen molar-refractivity contribution in [2.45, 2.75) is 63.9 Å². The van der Waals surface area contributed by atoms with Gasteiger partial charge in [-0.2, -0.15) is 52.7 Å². The van der Waals surface area contributed by atoms with Gasteiger partial charge in [-0.3, -0.25) is 0 Å². The van der Waals surface area contributed by atoms with Crippen LogP contribution in [0.1, 0.15) is 33.6 Å². The molecule has 0 fully saturated rings. The number of hydrogen-bond donors (Lipinski definition) is 2. The molecule has 0 aliphatic carbocycles. The monoisotopic (exact) mass is 546 g/mol. The van der Waals surface area contributed by atoms with Crippen molar-refractivity contribution in [3.63, 3.8) is 0 Å². The van der Waals surface area contributed by atoms with Gasteiger partial charge in [-0.05, 0) is 18.8 Å². The maximum atomic E-state index is 13.7. The normalized spacial score (nSPS) is 15.3. The molecule has 0 aromatic heterocycles. The van der Waals surface area contributed by atoms with E-state index in [0.717, 1.165) is 6.92 Å². The maximum absolute atomic E-state index is 13.7. The molecule has 0 aliphatic heterocycles. The summed E-state index contributed by atoms with van der Waals surface area (Å²) in [4.78, 5) is 22.0. The van der Waals surface area contributed by atoms with E-state index in [9.17, 15) is 62.3 Å². The van der Waals surface area contributed by atoms with Crippen LogP contribution in [0.3, 0.4) is 0 Å². The lowest BCUT2D eigenvalue weighted by atomic mass is 9.57. The summed E-state index contributed by atoms with van der Waals surface area (Å²) in [6.07, 6.45) is -33.1. The van der Waals surface area contributed by atoms with Gasteiger partial charge in [-0.25, -0.2) is 9.59 Å². The van der Waals surface area contributed by atoms with E-state index in [1.807, 2.05) is 0 Å². The third-order valence-corrected chi connectivity index (χ3v) is 5.21. The highest BCUT2D eigenvalue weighted by Crippen LogP contribution is 2.64. The zero-order chi connectivity index (χ0) is 28.4. The molecular formula is C17H22F12N2O4. The van der Waals surface area contributed by atoms with E-state index in [0.29, 0.717) is 0 Å². The number of carbonyl (C=O) groups is 2. The second-order valence-electron chi connectivity index (χ2n) is 8.40. The van der Waals surface area contributed by atoms with E-state index in [-0.39, 0.29) is 13.8 Å². The Bertz CT molecular complexity index is 683. The van der Waals surface area contributed by atoms with Crippen molar-refractivity contribution in [2.24, 2.45) is 34.6 Å². The minimum atomic E-state index is -6.82. The largest absolute Gasteiger partial charge is 0.450 e. The Balaban J connectivity index is 7.44. The van der Waals surface area contributed by atoms with E-state index in [1.165, 1.54) is 0 Å². The molecular weight excluding hydrogens is 524 g/mol. The fraction of sp³-hybridized carbons (Fsp3) is 0.882. The van der Waals surface area contributed by atoms with Gasteiger partial charge in [0.2, 0.25) is 0 Å². The van der Waals surface area contributed by atoms with Crippen LogP contribution in [-0.2, 0) is 9.47 Å². The third-order valence-electron chi connectivity index (χ3n) is 5.21. The lowest BCUT2D eigenvalue weighted by molar-refractivity contribution is -0.406. The van der Waals surface area contributed by atoms with Gasteiger partial charge in [0.15, 0.2) is 17.4 Å². The average Bonchev–Trinajstić information content (AvgIpc) is 2.46. The second-order valence-corrected chi connectivity index (χ2v) is 8.40. The summed E-state index contributed by atoms with van der Waals surface area (Å²) in [5.74, 6) is -12.2. The Morgan fingerprint density at radius 1 is 0.714 bits per heavy atom. The molecule has 0 saturated carbocycles. The van der Waals surface area contributed by atoms with Gasteiger partial charge in [0, 0.05) is 5.41 Å². The van der Waals surface area contributed by atoms with Crippen molar-refractivity contribution >= 4 is 12.2 Å². The number of amides is 2. The van der Waals surface area contributed by atoms with Gasteiger partial charge in [-0.1, -0.05) is 20.8 Å². The number of nitrogens with two attached hydrogens (primary N) is 2. The SMILES string of the molecule is CC(CCOC(N)=O)CC(C)(C)C(OC(N)=O)(C(C(F)(F)F)C(F)(F)F)C(C(F)(F)F)C(F)(F)F. The number of halogens is 12. The van der Waals surface area contributed by atoms with Crippen LogP contribution in [0.5, 0.6) is 0 Å². The van der Waals surface area contributed by atoms with E-state index in [1.54, 1.807) is 0 Å². The van der Waals surface area contributed by atoms with Crippen LogP contribution in [0.25, 0.3) is 0 Å². The molecule has 0 aromatic carbocycles. The van der Waals surface area contributed by atoms with Crippen molar-refractivity contribution in [1.82, 2.24) is 0 Å². The zero-order valence-electron chi connectivity index (χ0n) is 18.2. The first-order valence-electron chi connectivity index (χ1n) is 9.38. The van der Waals surface area contributed by atoms with E-state index < -0.39 is 85.1 Å². The Morgan fingerprint density at radius 2 is 1.06 bits per heavy atom. The first-order valence-corrected chi connectivity index (χ1v) is 9.38. The van der Waals surface area contributed by atoms with E-state index >= 15 is 0 Å². The predicted octanol–water partition coefficient (Wildman–Crippen LogP) is 5.84. The molecule has 0 radical (unpaired) electrons. The number of rotatable bonds is 9. The molecule has 208 valence electrons. The summed E-state index contributed by atoms with van der Waals surface area (Å²) in [5.41, 5.74) is 0.389. The Kier molecular flexibility index (Phi) is 9.68. The predicted molar refractivity (Wildman–Crippen MR) is 92.3 cm³/mol. The number of carbonyl (C=O) groups excluding carboxylic acids is 2. The Hall–Kier alpha value is -2.30. The quantitative estimate of drug-likeness (QED) is 0.355. The van der Waals surface area contributed by atoms with E-state index in [4.69, 9.17) is 0 Å². The van der Waals surface area contributed by atoms with E-state index in [2.05, 4.69) is 20.9 Å². The third kappa shape index (κ3) is 8.12. The summed E-state index contributed by atoms with van der Waals surface area (Å²) in [6, 6.07) is 0. The fourth-order valence-corrected chi connectivity index (χ4v) is 4.21. The topological polar surface area (TPSA) is 105 Å². The molecule has 2 amide bonds. The number of ether oxygens (including phenoxy) is 2. The summed E-state index contributed by atoms with van der Waals surface area (Å²) < 4.78 is 172. The Morgan fingerprint density at radius 3 is 1.31 bits per heavy atom. The minimum absolute atomic E-state index is 0.219. The van der Waals surface area contributed by atoms with Crippen molar-refractivity contribution < 1.29 is 71.7 Å². The lowest BCUT2D eigenvalue weighted by Gasteiger charge is -2.54. The molecule has 0 heterocycles. The molecule has 0 spiro atoms. The van der Waals surface area contributed by atoms with Crippen molar-refractivity contribution in [2.75, 3.05) is 6.61 Å². The molecule has 0 saturated heterocycles. The maximum Gasteiger partial charge on any atom is 0.405 e. The number of hydrogen-bond acceptors (Lipinski definition) is 4. The van der Waals surface area contributed by atoms with Crippen LogP contribution in [0.4, 0.5) is 62.3 Å². The van der Waals surface area contributed by atoms with Gasteiger partial charge in [0.25, 0.3) is 0 Å². The zero-order valence-corrected chi connectivity index (χ0v) is 18.2. The second kappa shape index (κ2) is 10.4. The highest BCUT2D eigenvalue weighted by atomic mass is 19.4. The van der Waals surface area contributed by atoms with Gasteiger partial charge < -0.3 is 20.9 Å². The summed E-state index contributed by atoms with van der Waals surface area (Å²) in [7, 11) is 0. The lowest BCUT2D eigenvalue weighted by Crippen LogP contribution is -2.72. The van der Waals surface area contributed by atoms with Crippen LogP contribution in [0.2, 0.25) is 0 Å². The molecule has 35 heavy (non-hydrogen) atoms. The number of alkyl halides is 12. The van der Waals surface area contributed by atoms with Crippen molar-refractivity contribution in [3.8, 4) is 0 Å². The first-order chi connectivity index (χ1) is 15.2. The molecule has 1 atom stereocenters. The van der Waals surface area contributed by atoms with Crippen LogP contribution >= 0.6 is 0 Å². The summed E-state index contributed by atoms with van der Waals surface area (Å²) >= 11 is 0. The minimum Gasteiger partial charge on any atom is -0.450 e. The molecule has 0 aliphatic rings. The molecule has 6 nitrogen and oxygen atoms in total. The molecule has 1 unspecified atom stereocenters. The molecule has 0 bridgehead atoms. The van der Waals surface area contributed by atoms with Crippen molar-refractivity contribution in [1.29, 1.82) is 0 Å².